The van der Waals surface area contributed by atoms with E-state index in [1.165, 1.54) is 11.3 Å². The number of aryl methyl sites for hydroxylation is 1. The average molecular weight is 420 g/mol. The van der Waals surface area contributed by atoms with E-state index in [-0.39, 0.29) is 12.5 Å². The Morgan fingerprint density at radius 1 is 1.07 bits per heavy atom. The van der Waals surface area contributed by atoms with Gasteiger partial charge in [0.05, 0.1) is 17.1 Å². The molecule has 1 aliphatic rings. The monoisotopic (exact) mass is 420 g/mol. The maximum atomic E-state index is 12.8. The number of fused-ring (bicyclic) bond motifs is 1. The van der Waals surface area contributed by atoms with Crippen LogP contribution in [0.15, 0.2) is 60.1 Å². The van der Waals surface area contributed by atoms with Crippen molar-refractivity contribution in [2.45, 2.75) is 19.4 Å². The summed E-state index contributed by atoms with van der Waals surface area (Å²) < 4.78 is 0. The first kappa shape index (κ1) is 19.8. The summed E-state index contributed by atoms with van der Waals surface area (Å²) in [6.45, 7) is 0.836. The minimum atomic E-state index is -0.742. The molecule has 0 bridgehead atoms. The fourth-order valence-electron chi connectivity index (χ4n) is 3.36. The lowest BCUT2D eigenvalue weighted by Gasteiger charge is -2.29. The maximum Gasteiger partial charge on any atom is 0.313 e. The number of hydrogen-bond donors (Lipinski definition) is 2. The van der Waals surface area contributed by atoms with Crippen molar-refractivity contribution < 1.29 is 14.4 Å². The van der Waals surface area contributed by atoms with Gasteiger partial charge in [-0.15, -0.1) is 11.3 Å². The third kappa shape index (κ3) is 4.38. The fraction of sp³-hybridized carbons (Fsp3) is 0.182. The molecule has 0 radical (unpaired) electrons. The number of nitrogens with zero attached hydrogens (tertiary/aromatic N) is 2. The van der Waals surface area contributed by atoms with Crippen molar-refractivity contribution in [3.05, 3.63) is 76.2 Å². The van der Waals surface area contributed by atoms with Crippen LogP contribution < -0.4 is 15.5 Å². The van der Waals surface area contributed by atoms with Gasteiger partial charge in [0.25, 0.3) is 5.91 Å². The second-order valence-corrected chi connectivity index (χ2v) is 7.79. The predicted octanol–water partition coefficient (Wildman–Crippen LogP) is 2.99. The topological polar surface area (TPSA) is 91.4 Å². The van der Waals surface area contributed by atoms with Gasteiger partial charge in [-0.1, -0.05) is 12.1 Å². The molecule has 3 amide bonds. The highest BCUT2D eigenvalue weighted by molar-refractivity contribution is 7.12. The van der Waals surface area contributed by atoms with Crippen molar-refractivity contribution in [3.8, 4) is 0 Å². The van der Waals surface area contributed by atoms with Gasteiger partial charge in [0, 0.05) is 24.1 Å². The Morgan fingerprint density at radius 3 is 2.73 bits per heavy atom. The van der Waals surface area contributed by atoms with Crippen LogP contribution in [0.25, 0.3) is 0 Å². The molecule has 2 N–H and O–H groups in total. The van der Waals surface area contributed by atoms with Gasteiger partial charge in [-0.25, -0.2) is 0 Å². The second-order valence-electron chi connectivity index (χ2n) is 6.84. The molecule has 0 saturated carbocycles. The summed E-state index contributed by atoms with van der Waals surface area (Å²) in [5.41, 5.74) is 3.01. The molecule has 3 heterocycles. The molecule has 3 aromatic rings. The van der Waals surface area contributed by atoms with E-state index in [2.05, 4.69) is 15.6 Å². The van der Waals surface area contributed by atoms with Crippen LogP contribution in [0.2, 0.25) is 0 Å². The van der Waals surface area contributed by atoms with Gasteiger partial charge in [0.15, 0.2) is 0 Å². The molecule has 0 aliphatic carbocycles. The molecule has 1 aromatic carbocycles. The number of amides is 3. The van der Waals surface area contributed by atoms with Gasteiger partial charge in [0.1, 0.15) is 0 Å². The first-order valence-corrected chi connectivity index (χ1v) is 10.5. The minimum Gasteiger partial charge on any atom is -0.342 e. The Bertz CT molecular complexity index is 1070. The van der Waals surface area contributed by atoms with Crippen LogP contribution in [-0.2, 0) is 22.6 Å². The first-order valence-electron chi connectivity index (χ1n) is 9.59. The molecule has 0 fully saturated rings. The van der Waals surface area contributed by atoms with Gasteiger partial charge in [0.2, 0.25) is 0 Å². The number of rotatable bonds is 4. The maximum absolute atomic E-state index is 12.8. The van der Waals surface area contributed by atoms with Crippen LogP contribution in [0, 0.1) is 0 Å². The van der Waals surface area contributed by atoms with Crippen LogP contribution in [0.5, 0.6) is 0 Å². The Morgan fingerprint density at radius 2 is 1.97 bits per heavy atom. The lowest BCUT2D eigenvalue weighted by Crippen LogP contribution is -2.36. The summed E-state index contributed by atoms with van der Waals surface area (Å²) in [4.78, 5) is 43.7. The lowest BCUT2D eigenvalue weighted by atomic mass is 10.0. The quantitative estimate of drug-likeness (QED) is 0.635. The van der Waals surface area contributed by atoms with Crippen LogP contribution in [-0.4, -0.2) is 29.3 Å². The van der Waals surface area contributed by atoms with Gasteiger partial charge in [-0.2, -0.15) is 0 Å². The summed E-state index contributed by atoms with van der Waals surface area (Å²) >= 11 is 1.42. The molecule has 4 rings (SSSR count). The Hall–Kier alpha value is -3.52. The number of carbonyl (C=O) groups is 3. The Kier molecular flexibility index (Phi) is 5.85. The van der Waals surface area contributed by atoms with E-state index < -0.39 is 11.8 Å². The standard InChI is InChI=1S/C22H20N4O3S/c27-20(24-14-17-6-1-2-10-23-17)21(28)25-16-8-9-18-15(13-16)5-3-11-26(18)22(29)19-7-4-12-30-19/h1-2,4,6-10,12-13H,3,5,11,14H2,(H,24,27)(H,25,28). The highest BCUT2D eigenvalue weighted by Gasteiger charge is 2.24. The second kappa shape index (κ2) is 8.87. The first-order chi connectivity index (χ1) is 14.6. The Balaban J connectivity index is 1.41. The smallest absolute Gasteiger partial charge is 0.313 e. The molecular formula is C22H20N4O3S. The highest BCUT2D eigenvalue weighted by atomic mass is 32.1. The van der Waals surface area contributed by atoms with Gasteiger partial charge in [-0.05, 0) is 60.2 Å². The average Bonchev–Trinajstić information content (AvgIpc) is 3.32. The molecule has 0 atom stereocenters. The summed E-state index contributed by atoms with van der Waals surface area (Å²) in [6.07, 6.45) is 3.27. The summed E-state index contributed by atoms with van der Waals surface area (Å²) in [5, 5.41) is 7.07. The molecule has 152 valence electrons. The van der Waals surface area contributed by atoms with Crippen LogP contribution in [0.4, 0.5) is 11.4 Å². The van der Waals surface area contributed by atoms with Crippen molar-refractivity contribution >= 4 is 40.4 Å². The van der Waals surface area contributed by atoms with Crippen LogP contribution >= 0.6 is 11.3 Å². The van der Waals surface area contributed by atoms with Crippen molar-refractivity contribution in [1.82, 2.24) is 10.3 Å². The summed E-state index contributed by atoms with van der Waals surface area (Å²) in [5.74, 6) is -1.49. The fourth-order valence-corrected chi connectivity index (χ4v) is 4.03. The van der Waals surface area contributed by atoms with E-state index in [9.17, 15) is 14.4 Å². The molecular weight excluding hydrogens is 400 g/mol. The lowest BCUT2D eigenvalue weighted by molar-refractivity contribution is -0.136. The van der Waals surface area contributed by atoms with Gasteiger partial charge < -0.3 is 15.5 Å². The molecule has 1 aliphatic heterocycles. The van der Waals surface area contributed by atoms with E-state index in [1.807, 2.05) is 35.7 Å². The number of pyridine rings is 1. The number of carbonyl (C=O) groups excluding carboxylic acids is 3. The van der Waals surface area contributed by atoms with E-state index in [1.54, 1.807) is 29.3 Å². The summed E-state index contributed by atoms with van der Waals surface area (Å²) in [7, 11) is 0. The zero-order chi connectivity index (χ0) is 20.9. The predicted molar refractivity (Wildman–Crippen MR) is 115 cm³/mol. The van der Waals surface area contributed by atoms with Crippen molar-refractivity contribution in [3.63, 3.8) is 0 Å². The van der Waals surface area contributed by atoms with Crippen LogP contribution in [0.1, 0.15) is 27.3 Å². The molecule has 2 aromatic heterocycles. The van der Waals surface area contributed by atoms with E-state index >= 15 is 0 Å². The van der Waals surface area contributed by atoms with Crippen molar-refractivity contribution in [2.75, 3.05) is 16.8 Å². The van der Waals surface area contributed by atoms with E-state index in [4.69, 9.17) is 0 Å². The number of nitrogens with one attached hydrogen (secondary N) is 2. The normalized spacial score (nSPS) is 12.7. The number of hydrogen-bond acceptors (Lipinski definition) is 5. The third-order valence-electron chi connectivity index (χ3n) is 4.80. The van der Waals surface area contributed by atoms with Crippen molar-refractivity contribution in [1.29, 1.82) is 0 Å². The summed E-state index contributed by atoms with van der Waals surface area (Å²) in [6, 6.07) is 14.4. The molecule has 0 unspecified atom stereocenters. The van der Waals surface area contributed by atoms with Gasteiger partial charge >= 0.3 is 11.8 Å². The molecule has 30 heavy (non-hydrogen) atoms. The minimum absolute atomic E-state index is 0.0170. The van der Waals surface area contributed by atoms with Gasteiger partial charge in [-0.3, -0.25) is 19.4 Å². The zero-order valence-corrected chi connectivity index (χ0v) is 16.9. The third-order valence-corrected chi connectivity index (χ3v) is 5.65. The number of anilines is 2. The van der Waals surface area contributed by atoms with Crippen molar-refractivity contribution in [2.24, 2.45) is 0 Å². The SMILES string of the molecule is O=C(NCc1ccccn1)C(=O)Nc1ccc2c(c1)CCCN2C(=O)c1cccs1. The molecule has 0 saturated heterocycles. The zero-order valence-electron chi connectivity index (χ0n) is 16.1. The number of benzene rings is 1. The van der Waals surface area contributed by atoms with E-state index in [0.717, 1.165) is 24.1 Å². The largest absolute Gasteiger partial charge is 0.342 e. The highest BCUT2D eigenvalue weighted by Crippen LogP contribution is 2.31. The number of aromatic nitrogens is 1. The molecule has 7 nitrogen and oxygen atoms in total. The molecule has 8 heteroatoms. The molecule has 0 spiro atoms. The Labute approximate surface area is 177 Å². The number of thiophene rings is 1. The van der Waals surface area contributed by atoms with E-state index in [0.29, 0.717) is 22.8 Å². The van der Waals surface area contributed by atoms with Crippen LogP contribution in [0.3, 0.4) is 0 Å².